The molecule has 0 aromatic heterocycles. The van der Waals surface area contributed by atoms with E-state index >= 15 is 0 Å². The van der Waals surface area contributed by atoms with Gasteiger partial charge in [0.25, 0.3) is 0 Å². The number of rotatable bonds is 3. The third kappa shape index (κ3) is 4.34. The largest absolute Gasteiger partial charge is 0.459 e. The summed E-state index contributed by atoms with van der Waals surface area (Å²) in [6.45, 7) is 6.51. The van der Waals surface area contributed by atoms with Crippen molar-refractivity contribution in [1.82, 2.24) is 4.90 Å². The van der Waals surface area contributed by atoms with Crippen molar-refractivity contribution in [1.29, 1.82) is 0 Å². The number of nitrogens with zero attached hydrogens (tertiary/aromatic N) is 1. The van der Waals surface area contributed by atoms with Gasteiger partial charge in [-0.1, -0.05) is 30.3 Å². The van der Waals surface area contributed by atoms with E-state index in [-0.39, 0.29) is 19.6 Å². The monoisotopic (exact) mass is 363 g/mol. The zero-order chi connectivity index (χ0) is 18.8. The molecule has 2 heterocycles. The lowest BCUT2D eigenvalue weighted by Crippen LogP contribution is -2.44. The van der Waals surface area contributed by atoms with Crippen LogP contribution in [0.25, 0.3) is 0 Å². The van der Waals surface area contributed by atoms with Gasteiger partial charge in [0.05, 0.1) is 19.8 Å². The molecule has 2 saturated heterocycles. The molecule has 0 bridgehead atoms. The highest BCUT2D eigenvalue weighted by molar-refractivity contribution is 5.82. The van der Waals surface area contributed by atoms with E-state index in [0.29, 0.717) is 13.2 Å². The summed E-state index contributed by atoms with van der Waals surface area (Å²) < 4.78 is 22.2. The first-order valence-electron chi connectivity index (χ1n) is 8.76. The van der Waals surface area contributed by atoms with Gasteiger partial charge in [0.2, 0.25) is 0 Å². The Bertz CT molecular complexity index is 648. The Kier molecular flexibility index (Phi) is 5.20. The Morgan fingerprint density at radius 1 is 1.19 bits per heavy atom. The molecule has 0 saturated carbocycles. The molecule has 1 spiro atoms. The number of amides is 1. The van der Waals surface area contributed by atoms with E-state index in [4.69, 9.17) is 18.9 Å². The van der Waals surface area contributed by atoms with Crippen molar-refractivity contribution in [3.8, 4) is 0 Å². The van der Waals surface area contributed by atoms with Gasteiger partial charge < -0.3 is 18.9 Å². The molecule has 7 nitrogen and oxygen atoms in total. The summed E-state index contributed by atoms with van der Waals surface area (Å²) in [6, 6.07) is 8.59. The minimum atomic E-state index is -0.951. The zero-order valence-corrected chi connectivity index (χ0v) is 15.4. The highest BCUT2D eigenvalue weighted by Gasteiger charge is 2.54. The minimum Gasteiger partial charge on any atom is -0.459 e. The van der Waals surface area contributed by atoms with E-state index in [1.165, 1.54) is 4.90 Å². The normalized spacial score (nSPS) is 21.8. The summed E-state index contributed by atoms with van der Waals surface area (Å²) in [6.07, 6.45) is -0.338. The molecule has 3 rings (SSSR count). The SMILES string of the molecule is CC(C)(C)OC(=O)N1CC2(C[C@H]1C(=O)OCc1ccccc1)OCCO2. The van der Waals surface area contributed by atoms with Crippen LogP contribution in [-0.4, -0.2) is 54.2 Å². The van der Waals surface area contributed by atoms with Crippen molar-refractivity contribution in [3.63, 3.8) is 0 Å². The number of hydrogen-bond donors (Lipinski definition) is 0. The molecule has 0 radical (unpaired) electrons. The number of ether oxygens (including phenoxy) is 4. The van der Waals surface area contributed by atoms with Crippen molar-refractivity contribution >= 4 is 12.1 Å². The maximum absolute atomic E-state index is 12.7. The highest BCUT2D eigenvalue weighted by atomic mass is 16.7. The molecule has 0 unspecified atom stereocenters. The number of esters is 1. The summed E-state index contributed by atoms with van der Waals surface area (Å²) in [7, 11) is 0. The molecular weight excluding hydrogens is 338 g/mol. The number of carbonyl (C=O) groups is 2. The van der Waals surface area contributed by atoms with Crippen LogP contribution in [0.5, 0.6) is 0 Å². The van der Waals surface area contributed by atoms with Gasteiger partial charge in [-0.05, 0) is 26.3 Å². The molecule has 2 fully saturated rings. The Morgan fingerprint density at radius 3 is 2.46 bits per heavy atom. The second-order valence-corrected chi connectivity index (χ2v) is 7.53. The Balaban J connectivity index is 1.70. The first kappa shape index (κ1) is 18.7. The van der Waals surface area contributed by atoms with Crippen LogP contribution in [0.4, 0.5) is 4.79 Å². The van der Waals surface area contributed by atoms with E-state index in [2.05, 4.69) is 0 Å². The fourth-order valence-corrected chi connectivity index (χ4v) is 3.09. The zero-order valence-electron chi connectivity index (χ0n) is 15.4. The fraction of sp³-hybridized carbons (Fsp3) is 0.579. The third-order valence-electron chi connectivity index (χ3n) is 4.23. The molecule has 2 aliphatic heterocycles. The van der Waals surface area contributed by atoms with Crippen LogP contribution in [-0.2, 0) is 30.3 Å². The van der Waals surface area contributed by atoms with Gasteiger partial charge in [0.15, 0.2) is 5.79 Å². The molecule has 0 aliphatic carbocycles. The average Bonchev–Trinajstić information content (AvgIpc) is 3.20. The summed E-state index contributed by atoms with van der Waals surface area (Å²) in [5.74, 6) is -1.44. The first-order valence-corrected chi connectivity index (χ1v) is 8.76. The van der Waals surface area contributed by atoms with Gasteiger partial charge in [0.1, 0.15) is 18.2 Å². The predicted molar refractivity (Wildman–Crippen MR) is 92.2 cm³/mol. The Morgan fingerprint density at radius 2 is 1.85 bits per heavy atom. The van der Waals surface area contributed by atoms with Gasteiger partial charge in [-0.15, -0.1) is 0 Å². The molecule has 26 heavy (non-hydrogen) atoms. The summed E-state index contributed by atoms with van der Waals surface area (Å²) in [4.78, 5) is 26.6. The summed E-state index contributed by atoms with van der Waals surface area (Å²) in [5.41, 5.74) is 0.216. The van der Waals surface area contributed by atoms with Crippen molar-refractivity contribution in [3.05, 3.63) is 35.9 Å². The molecule has 1 amide bonds. The van der Waals surface area contributed by atoms with Crippen LogP contribution < -0.4 is 0 Å². The van der Waals surface area contributed by atoms with Gasteiger partial charge >= 0.3 is 12.1 Å². The van der Waals surface area contributed by atoms with E-state index in [1.807, 2.05) is 30.3 Å². The number of hydrogen-bond acceptors (Lipinski definition) is 6. The summed E-state index contributed by atoms with van der Waals surface area (Å²) >= 11 is 0. The topological polar surface area (TPSA) is 74.3 Å². The van der Waals surface area contributed by atoms with Crippen molar-refractivity contribution in [2.75, 3.05) is 19.8 Å². The molecule has 1 atom stereocenters. The van der Waals surface area contributed by atoms with Crippen LogP contribution in [0.3, 0.4) is 0 Å². The summed E-state index contributed by atoms with van der Waals surface area (Å²) in [5, 5.41) is 0. The van der Waals surface area contributed by atoms with Crippen molar-refractivity contribution in [2.24, 2.45) is 0 Å². The number of likely N-dealkylation sites (tertiary alicyclic amines) is 1. The number of benzene rings is 1. The molecule has 0 N–H and O–H groups in total. The van der Waals surface area contributed by atoms with Crippen LogP contribution in [0.2, 0.25) is 0 Å². The van der Waals surface area contributed by atoms with E-state index in [1.54, 1.807) is 20.8 Å². The molecule has 1 aromatic carbocycles. The predicted octanol–water partition coefficient (Wildman–Crippen LogP) is 2.48. The van der Waals surface area contributed by atoms with Gasteiger partial charge in [-0.3, -0.25) is 4.90 Å². The standard InChI is InChI=1S/C19H25NO6/c1-18(2,3)26-17(22)20-13-19(24-9-10-25-19)11-15(20)16(21)23-12-14-7-5-4-6-8-14/h4-8,15H,9-13H2,1-3H3/t15-/m0/s1. The molecule has 1 aromatic rings. The lowest BCUT2D eigenvalue weighted by Gasteiger charge is -2.27. The van der Waals surface area contributed by atoms with E-state index in [9.17, 15) is 9.59 Å². The molecule has 2 aliphatic rings. The molecule has 7 heteroatoms. The Hall–Kier alpha value is -2.12. The van der Waals surface area contributed by atoms with Crippen molar-refractivity contribution < 1.29 is 28.5 Å². The average molecular weight is 363 g/mol. The van der Waals surface area contributed by atoms with E-state index < -0.39 is 29.5 Å². The minimum absolute atomic E-state index is 0.146. The maximum atomic E-state index is 12.7. The van der Waals surface area contributed by atoms with Gasteiger partial charge in [-0.2, -0.15) is 0 Å². The van der Waals surface area contributed by atoms with E-state index in [0.717, 1.165) is 5.56 Å². The first-order chi connectivity index (χ1) is 12.3. The quantitative estimate of drug-likeness (QED) is 0.768. The van der Waals surface area contributed by atoms with Crippen molar-refractivity contribution in [2.45, 2.75) is 51.2 Å². The highest BCUT2D eigenvalue weighted by Crippen LogP contribution is 2.36. The lowest BCUT2D eigenvalue weighted by atomic mass is 10.1. The van der Waals surface area contributed by atoms with Crippen LogP contribution >= 0.6 is 0 Å². The van der Waals surface area contributed by atoms with Crippen LogP contribution in [0.15, 0.2) is 30.3 Å². The van der Waals surface area contributed by atoms with Crippen LogP contribution in [0, 0.1) is 0 Å². The number of carbonyl (C=O) groups excluding carboxylic acids is 2. The van der Waals surface area contributed by atoms with Gasteiger partial charge in [0, 0.05) is 6.42 Å². The maximum Gasteiger partial charge on any atom is 0.411 e. The van der Waals surface area contributed by atoms with Gasteiger partial charge in [-0.25, -0.2) is 9.59 Å². The molecular formula is C19H25NO6. The van der Waals surface area contributed by atoms with Crippen LogP contribution in [0.1, 0.15) is 32.8 Å². The smallest absolute Gasteiger partial charge is 0.411 e. The molecule has 142 valence electrons. The fourth-order valence-electron chi connectivity index (χ4n) is 3.09. The second-order valence-electron chi connectivity index (χ2n) is 7.53. The Labute approximate surface area is 153 Å². The third-order valence-corrected chi connectivity index (χ3v) is 4.23. The second kappa shape index (κ2) is 7.25. The lowest BCUT2D eigenvalue weighted by molar-refractivity contribution is -0.154.